The van der Waals surface area contributed by atoms with Crippen molar-refractivity contribution in [2.75, 3.05) is 20.2 Å². The molecule has 4 N–H and O–H groups in total. The van der Waals surface area contributed by atoms with E-state index < -0.39 is 6.29 Å². The molecule has 0 aliphatic carbocycles. The summed E-state index contributed by atoms with van der Waals surface area (Å²) in [6.07, 6.45) is 0.102. The van der Waals surface area contributed by atoms with Gasteiger partial charge < -0.3 is 25.6 Å². The minimum absolute atomic E-state index is 0.163. The van der Waals surface area contributed by atoms with Crippen LogP contribution in [0.3, 0.4) is 0 Å². The van der Waals surface area contributed by atoms with E-state index in [1.165, 1.54) is 7.11 Å². The number of ether oxygens (including phenoxy) is 2. The predicted octanol–water partition coefficient (Wildman–Crippen LogP) is 0.170. The summed E-state index contributed by atoms with van der Waals surface area (Å²) in [5.41, 5.74) is 6.76. The van der Waals surface area contributed by atoms with Crippen LogP contribution in [0.5, 0.6) is 0 Å². The average molecular weight is 280 g/mol. The second-order valence-corrected chi connectivity index (χ2v) is 4.83. The molecule has 4 rings (SSSR count). The van der Waals surface area contributed by atoms with Gasteiger partial charge in [0.15, 0.2) is 0 Å². The van der Waals surface area contributed by atoms with Crippen LogP contribution in [0.15, 0.2) is 24.3 Å². The van der Waals surface area contributed by atoms with Crippen molar-refractivity contribution in [2.24, 2.45) is 5.73 Å². The highest BCUT2D eigenvalue weighted by Gasteiger charge is 2.21. The first kappa shape index (κ1) is 14.9. The molecule has 3 unspecified atom stereocenters. The van der Waals surface area contributed by atoms with Crippen LogP contribution in [0.25, 0.3) is 0 Å². The molecule has 20 heavy (non-hydrogen) atoms. The number of fused-ring (bicyclic) bond motifs is 4. The summed E-state index contributed by atoms with van der Waals surface area (Å²) in [5, 5.41) is 12.0. The number of aliphatic hydroxyl groups excluding tert-OH is 1. The Balaban J connectivity index is 0.000000160. The lowest BCUT2D eigenvalue weighted by Crippen LogP contribution is -2.29. The fourth-order valence-corrected chi connectivity index (χ4v) is 2.17. The number of rotatable bonds is 2. The molecule has 1 aromatic carbocycles. The summed E-state index contributed by atoms with van der Waals surface area (Å²) in [6, 6.07) is 7.47. The highest BCUT2D eigenvalue weighted by molar-refractivity contribution is 5.90. The van der Waals surface area contributed by atoms with Gasteiger partial charge in [0, 0.05) is 31.8 Å². The van der Waals surface area contributed by atoms with E-state index in [-0.39, 0.29) is 12.1 Å². The van der Waals surface area contributed by atoms with E-state index in [0.29, 0.717) is 24.7 Å². The Kier molecular flexibility index (Phi) is 5.08. The smallest absolute Gasteiger partial charge is 0.340 e. The van der Waals surface area contributed by atoms with E-state index in [9.17, 15) is 4.79 Å². The van der Waals surface area contributed by atoms with Crippen molar-refractivity contribution in [1.82, 2.24) is 5.32 Å². The van der Waals surface area contributed by atoms with Gasteiger partial charge in [0.1, 0.15) is 0 Å². The van der Waals surface area contributed by atoms with Gasteiger partial charge in [0.2, 0.25) is 6.29 Å². The largest absolute Gasteiger partial charge is 0.428 e. The summed E-state index contributed by atoms with van der Waals surface area (Å²) >= 11 is 0. The number of nitrogens with one attached hydrogen (secondary N) is 1. The zero-order valence-corrected chi connectivity index (χ0v) is 11.4. The SMILES string of the molecule is COC1OC(=O)c2ccc1cc2.NCC1CC(O)CN1. The number of esters is 1. The minimum Gasteiger partial charge on any atom is -0.428 e. The highest BCUT2D eigenvalue weighted by Crippen LogP contribution is 2.24. The van der Waals surface area contributed by atoms with Crippen LogP contribution < -0.4 is 11.1 Å². The van der Waals surface area contributed by atoms with Gasteiger partial charge in [-0.05, 0) is 18.6 Å². The molecule has 0 radical (unpaired) electrons. The molecule has 110 valence electrons. The van der Waals surface area contributed by atoms with E-state index in [2.05, 4.69) is 5.32 Å². The molecule has 0 saturated carbocycles. The summed E-state index contributed by atoms with van der Waals surface area (Å²) in [4.78, 5) is 11.2. The Morgan fingerprint density at radius 3 is 2.60 bits per heavy atom. The van der Waals surface area contributed by atoms with Crippen LogP contribution in [-0.4, -0.2) is 43.4 Å². The monoisotopic (exact) mass is 280 g/mol. The van der Waals surface area contributed by atoms with Gasteiger partial charge in [-0.15, -0.1) is 0 Å². The quantitative estimate of drug-likeness (QED) is 0.669. The maximum absolute atomic E-state index is 11.2. The zero-order valence-electron chi connectivity index (χ0n) is 11.4. The topological polar surface area (TPSA) is 93.8 Å². The molecule has 0 amide bonds. The molecule has 6 nitrogen and oxygen atoms in total. The van der Waals surface area contributed by atoms with E-state index in [1.807, 2.05) is 12.1 Å². The number of hydrogen-bond donors (Lipinski definition) is 3. The molecule has 6 heteroatoms. The van der Waals surface area contributed by atoms with Gasteiger partial charge in [-0.3, -0.25) is 0 Å². The maximum Gasteiger partial charge on any atom is 0.340 e. The van der Waals surface area contributed by atoms with Gasteiger partial charge in [0.05, 0.1) is 11.7 Å². The Bertz CT molecular complexity index is 449. The van der Waals surface area contributed by atoms with E-state index in [4.69, 9.17) is 20.3 Å². The van der Waals surface area contributed by atoms with Crippen LogP contribution in [0.1, 0.15) is 28.6 Å². The fraction of sp³-hybridized carbons (Fsp3) is 0.500. The van der Waals surface area contributed by atoms with Crippen LogP contribution in [0, 0.1) is 0 Å². The standard InChI is InChI=1S/C9H8O3.C5H12N2O/c1-11-9-7-4-2-6(3-5-7)8(10)12-9;6-2-4-1-5(8)3-7-4/h2-5,9H,1H3;4-5,7-8H,1-3,6H2. The minimum atomic E-state index is -0.551. The molecular weight excluding hydrogens is 260 g/mol. The maximum atomic E-state index is 11.2. The average Bonchev–Trinajstić information content (AvgIpc) is 2.77. The molecule has 3 atom stereocenters. The van der Waals surface area contributed by atoms with Crippen LogP contribution in [0.2, 0.25) is 0 Å². The van der Waals surface area contributed by atoms with E-state index >= 15 is 0 Å². The molecule has 1 saturated heterocycles. The van der Waals surface area contributed by atoms with Crippen molar-refractivity contribution >= 4 is 5.97 Å². The number of aliphatic hydroxyl groups is 1. The first-order chi connectivity index (χ1) is 9.63. The van der Waals surface area contributed by atoms with Crippen molar-refractivity contribution in [3.63, 3.8) is 0 Å². The Morgan fingerprint density at radius 1 is 1.45 bits per heavy atom. The van der Waals surface area contributed by atoms with Crippen molar-refractivity contribution in [3.05, 3.63) is 35.4 Å². The van der Waals surface area contributed by atoms with Crippen molar-refractivity contribution in [2.45, 2.75) is 24.9 Å². The lowest BCUT2D eigenvalue weighted by atomic mass is 10.2. The number of methoxy groups -OCH3 is 1. The first-order valence-corrected chi connectivity index (χ1v) is 6.59. The number of hydrogen-bond acceptors (Lipinski definition) is 6. The van der Waals surface area contributed by atoms with E-state index in [1.54, 1.807) is 12.1 Å². The molecule has 0 aromatic heterocycles. The molecule has 3 aliphatic heterocycles. The molecule has 1 aromatic rings. The lowest BCUT2D eigenvalue weighted by Gasteiger charge is -2.11. The molecule has 3 aliphatic rings. The fourth-order valence-electron chi connectivity index (χ4n) is 2.17. The van der Waals surface area contributed by atoms with Gasteiger partial charge in [-0.25, -0.2) is 4.79 Å². The number of benzene rings is 1. The highest BCUT2D eigenvalue weighted by atomic mass is 16.7. The summed E-state index contributed by atoms with van der Waals surface area (Å²) in [5.74, 6) is -0.332. The molecular formula is C14H20N2O4. The second-order valence-electron chi connectivity index (χ2n) is 4.83. The number of carbonyl (C=O) groups excluding carboxylic acids is 1. The van der Waals surface area contributed by atoms with Crippen LogP contribution in [0.4, 0.5) is 0 Å². The van der Waals surface area contributed by atoms with Crippen LogP contribution >= 0.6 is 0 Å². The third kappa shape index (κ3) is 3.55. The lowest BCUT2D eigenvalue weighted by molar-refractivity contribution is -0.0913. The summed E-state index contributed by atoms with van der Waals surface area (Å²) in [7, 11) is 1.51. The second kappa shape index (κ2) is 6.81. The van der Waals surface area contributed by atoms with Crippen molar-refractivity contribution in [1.29, 1.82) is 0 Å². The van der Waals surface area contributed by atoms with Crippen LogP contribution in [-0.2, 0) is 9.47 Å². The zero-order chi connectivity index (χ0) is 14.5. The molecule has 2 bridgehead atoms. The third-order valence-corrected chi connectivity index (χ3v) is 3.33. The number of β-amino-alcohol motifs (C(OH)–C–C–N with tert-alkyl or cyclic N) is 1. The predicted molar refractivity (Wildman–Crippen MR) is 73.1 cm³/mol. The van der Waals surface area contributed by atoms with Gasteiger partial charge >= 0.3 is 5.97 Å². The van der Waals surface area contributed by atoms with Crippen molar-refractivity contribution in [3.8, 4) is 0 Å². The Morgan fingerprint density at radius 2 is 2.15 bits per heavy atom. The summed E-state index contributed by atoms with van der Waals surface area (Å²) < 4.78 is 9.96. The number of nitrogens with two attached hydrogens (primary N) is 1. The number of carbonyl (C=O) groups is 1. The Labute approximate surface area is 117 Å². The van der Waals surface area contributed by atoms with Gasteiger partial charge in [-0.1, -0.05) is 12.1 Å². The van der Waals surface area contributed by atoms with Crippen molar-refractivity contribution < 1.29 is 19.4 Å². The molecule has 1 fully saturated rings. The first-order valence-electron chi connectivity index (χ1n) is 6.59. The Hall–Kier alpha value is -1.47. The van der Waals surface area contributed by atoms with Gasteiger partial charge in [-0.2, -0.15) is 0 Å². The normalized spacial score (nSPS) is 27.6. The molecule has 0 spiro atoms. The third-order valence-electron chi connectivity index (χ3n) is 3.33. The molecule has 3 heterocycles. The summed E-state index contributed by atoms with van der Waals surface area (Å²) in [6.45, 7) is 1.35. The van der Waals surface area contributed by atoms with E-state index in [0.717, 1.165) is 12.0 Å². The van der Waals surface area contributed by atoms with Gasteiger partial charge in [0.25, 0.3) is 0 Å².